The topological polar surface area (TPSA) is 26.3 Å². The van der Waals surface area contributed by atoms with E-state index in [0.29, 0.717) is 12.5 Å². The molecule has 0 N–H and O–H groups in total. The number of allylic oxidation sites excluding steroid dienone is 1. The van der Waals surface area contributed by atoms with Gasteiger partial charge in [-0.2, -0.15) is 0 Å². The molecule has 0 amide bonds. The molecule has 1 aliphatic carbocycles. The van der Waals surface area contributed by atoms with E-state index in [9.17, 15) is 4.79 Å². The SMILES string of the molecule is C=CC(C)(C)[C@H]1[C@@H](C(=O)OCC)C1(C)C. The molecule has 15 heavy (non-hydrogen) atoms. The van der Waals surface area contributed by atoms with E-state index in [4.69, 9.17) is 4.74 Å². The quantitative estimate of drug-likeness (QED) is 0.526. The molecule has 2 nitrogen and oxygen atoms in total. The number of carbonyl (C=O) groups is 1. The van der Waals surface area contributed by atoms with Crippen LogP contribution < -0.4 is 0 Å². The van der Waals surface area contributed by atoms with E-state index in [1.165, 1.54) is 0 Å². The number of hydrogen-bond donors (Lipinski definition) is 0. The van der Waals surface area contributed by atoms with Gasteiger partial charge < -0.3 is 4.74 Å². The first-order valence-corrected chi connectivity index (χ1v) is 5.59. The Hall–Kier alpha value is -0.790. The van der Waals surface area contributed by atoms with Crippen LogP contribution in [0.5, 0.6) is 0 Å². The minimum atomic E-state index is -0.0533. The fourth-order valence-corrected chi connectivity index (χ4v) is 2.83. The zero-order valence-electron chi connectivity index (χ0n) is 10.5. The molecule has 1 fully saturated rings. The van der Waals surface area contributed by atoms with Crippen LogP contribution in [-0.4, -0.2) is 12.6 Å². The highest BCUT2D eigenvalue weighted by Crippen LogP contribution is 2.66. The van der Waals surface area contributed by atoms with Crippen molar-refractivity contribution in [1.82, 2.24) is 0 Å². The van der Waals surface area contributed by atoms with Crippen LogP contribution >= 0.6 is 0 Å². The van der Waals surface area contributed by atoms with Gasteiger partial charge in [-0.05, 0) is 23.7 Å². The molecular formula is C13H22O2. The highest BCUT2D eigenvalue weighted by atomic mass is 16.5. The smallest absolute Gasteiger partial charge is 0.309 e. The van der Waals surface area contributed by atoms with Gasteiger partial charge in [0.05, 0.1) is 12.5 Å². The normalized spacial score (nSPS) is 28.3. The Morgan fingerprint density at radius 3 is 2.47 bits per heavy atom. The van der Waals surface area contributed by atoms with Gasteiger partial charge in [0.15, 0.2) is 0 Å². The highest BCUT2D eigenvalue weighted by Gasteiger charge is 2.66. The summed E-state index contributed by atoms with van der Waals surface area (Å²) in [5.41, 5.74) is 0.0465. The maximum atomic E-state index is 11.7. The molecule has 0 aromatic carbocycles. The summed E-state index contributed by atoms with van der Waals surface area (Å²) in [4.78, 5) is 11.7. The molecule has 2 heteroatoms. The van der Waals surface area contributed by atoms with Crippen LogP contribution in [0.1, 0.15) is 34.6 Å². The van der Waals surface area contributed by atoms with Crippen LogP contribution in [0.15, 0.2) is 12.7 Å². The predicted octanol–water partition coefficient (Wildman–Crippen LogP) is 3.03. The van der Waals surface area contributed by atoms with Gasteiger partial charge in [-0.3, -0.25) is 4.79 Å². The molecule has 1 rings (SSSR count). The Bertz CT molecular complexity index is 276. The number of carbonyl (C=O) groups excluding carboxylic acids is 1. The van der Waals surface area contributed by atoms with Crippen molar-refractivity contribution in [3.63, 3.8) is 0 Å². The predicted molar refractivity (Wildman–Crippen MR) is 61.4 cm³/mol. The van der Waals surface area contributed by atoms with Crippen molar-refractivity contribution in [2.75, 3.05) is 6.61 Å². The molecule has 2 atom stereocenters. The molecule has 86 valence electrons. The Kier molecular flexibility index (Phi) is 2.99. The van der Waals surface area contributed by atoms with E-state index in [-0.39, 0.29) is 22.7 Å². The third-order valence-corrected chi connectivity index (χ3v) is 3.70. The van der Waals surface area contributed by atoms with E-state index >= 15 is 0 Å². The van der Waals surface area contributed by atoms with Crippen LogP contribution in [-0.2, 0) is 9.53 Å². The van der Waals surface area contributed by atoms with Crippen molar-refractivity contribution in [3.05, 3.63) is 12.7 Å². The lowest BCUT2D eigenvalue weighted by atomic mass is 9.83. The Balaban J connectivity index is 2.79. The lowest BCUT2D eigenvalue weighted by molar-refractivity contribution is -0.146. The first-order valence-electron chi connectivity index (χ1n) is 5.59. The second kappa shape index (κ2) is 3.66. The van der Waals surface area contributed by atoms with Crippen LogP contribution in [0.3, 0.4) is 0 Å². The monoisotopic (exact) mass is 210 g/mol. The minimum Gasteiger partial charge on any atom is -0.466 e. The van der Waals surface area contributed by atoms with Crippen LogP contribution in [0.2, 0.25) is 0 Å². The van der Waals surface area contributed by atoms with Crippen LogP contribution in [0.25, 0.3) is 0 Å². The summed E-state index contributed by atoms with van der Waals surface area (Å²) in [6.07, 6.45) is 1.94. The molecule has 1 aliphatic rings. The number of ether oxygens (including phenoxy) is 1. The molecule has 0 spiro atoms. The Morgan fingerprint density at radius 2 is 2.07 bits per heavy atom. The average molecular weight is 210 g/mol. The van der Waals surface area contributed by atoms with Gasteiger partial charge in [0.2, 0.25) is 0 Å². The maximum Gasteiger partial charge on any atom is 0.309 e. The van der Waals surface area contributed by atoms with Gasteiger partial charge in [-0.25, -0.2) is 0 Å². The van der Waals surface area contributed by atoms with Crippen molar-refractivity contribution in [1.29, 1.82) is 0 Å². The van der Waals surface area contributed by atoms with Gasteiger partial charge in [-0.1, -0.05) is 33.8 Å². The summed E-state index contributed by atoms with van der Waals surface area (Å²) in [5, 5.41) is 0. The largest absolute Gasteiger partial charge is 0.466 e. The highest BCUT2D eigenvalue weighted by molar-refractivity contribution is 5.78. The molecule has 1 saturated carbocycles. The lowest BCUT2D eigenvalue weighted by Gasteiger charge is -2.21. The molecule has 0 aromatic rings. The summed E-state index contributed by atoms with van der Waals surface area (Å²) in [7, 11) is 0. The summed E-state index contributed by atoms with van der Waals surface area (Å²) < 4.78 is 5.10. The van der Waals surface area contributed by atoms with Crippen molar-refractivity contribution < 1.29 is 9.53 Å². The standard InChI is InChI=1S/C13H22O2/c1-7-12(3,4)10-9(13(10,5)6)11(14)15-8-2/h7,9-10H,1,8H2,2-6H3/t9-,10+/m0/s1. The van der Waals surface area contributed by atoms with Crippen molar-refractivity contribution in [3.8, 4) is 0 Å². The average Bonchev–Trinajstić information content (AvgIpc) is 2.70. The van der Waals surface area contributed by atoms with Gasteiger partial charge >= 0.3 is 5.97 Å². The van der Waals surface area contributed by atoms with Gasteiger partial charge in [0.1, 0.15) is 0 Å². The molecule has 0 heterocycles. The third-order valence-electron chi connectivity index (χ3n) is 3.70. The molecule has 0 aliphatic heterocycles. The molecular weight excluding hydrogens is 188 g/mol. The molecule has 0 aromatic heterocycles. The fraction of sp³-hybridized carbons (Fsp3) is 0.769. The molecule has 0 radical (unpaired) electrons. The van der Waals surface area contributed by atoms with Gasteiger partial charge in [0.25, 0.3) is 0 Å². The molecule has 0 bridgehead atoms. The Labute approximate surface area is 92.7 Å². The van der Waals surface area contributed by atoms with E-state index in [2.05, 4.69) is 34.3 Å². The summed E-state index contributed by atoms with van der Waals surface area (Å²) in [6.45, 7) is 14.7. The van der Waals surface area contributed by atoms with Crippen molar-refractivity contribution in [2.45, 2.75) is 34.6 Å². The van der Waals surface area contributed by atoms with E-state index in [1.807, 2.05) is 13.0 Å². The van der Waals surface area contributed by atoms with Gasteiger partial charge in [0, 0.05) is 0 Å². The van der Waals surface area contributed by atoms with Crippen molar-refractivity contribution in [2.24, 2.45) is 22.7 Å². The van der Waals surface area contributed by atoms with E-state index in [0.717, 1.165) is 0 Å². The first-order chi connectivity index (χ1) is 6.79. The zero-order chi connectivity index (χ0) is 11.9. The Morgan fingerprint density at radius 1 is 1.53 bits per heavy atom. The zero-order valence-corrected chi connectivity index (χ0v) is 10.5. The number of esters is 1. The molecule has 0 saturated heterocycles. The first kappa shape index (κ1) is 12.3. The van der Waals surface area contributed by atoms with Crippen molar-refractivity contribution >= 4 is 5.97 Å². The number of hydrogen-bond acceptors (Lipinski definition) is 2. The summed E-state index contributed by atoms with van der Waals surface area (Å²) in [6, 6.07) is 0. The second-order valence-corrected chi connectivity index (χ2v) is 5.55. The van der Waals surface area contributed by atoms with E-state index in [1.54, 1.807) is 0 Å². The van der Waals surface area contributed by atoms with Gasteiger partial charge in [-0.15, -0.1) is 6.58 Å². The lowest BCUT2D eigenvalue weighted by Crippen LogP contribution is -2.16. The fourth-order valence-electron chi connectivity index (χ4n) is 2.83. The second-order valence-electron chi connectivity index (χ2n) is 5.55. The molecule has 0 unspecified atom stereocenters. The summed E-state index contributed by atoms with van der Waals surface area (Å²) >= 11 is 0. The third kappa shape index (κ3) is 1.95. The summed E-state index contributed by atoms with van der Waals surface area (Å²) in [5.74, 6) is 0.328. The maximum absolute atomic E-state index is 11.7. The number of rotatable bonds is 4. The van der Waals surface area contributed by atoms with Crippen LogP contribution in [0.4, 0.5) is 0 Å². The van der Waals surface area contributed by atoms with E-state index < -0.39 is 0 Å². The minimum absolute atomic E-state index is 0.000921. The van der Waals surface area contributed by atoms with Crippen LogP contribution in [0, 0.1) is 22.7 Å².